The van der Waals surface area contributed by atoms with Crippen molar-refractivity contribution in [1.29, 1.82) is 5.26 Å². The Kier molecular flexibility index (Phi) is 5.32. The molecule has 0 radical (unpaired) electrons. The van der Waals surface area contributed by atoms with Crippen LogP contribution in [0.1, 0.15) is 64.2 Å². The van der Waals surface area contributed by atoms with Gasteiger partial charge in [0, 0.05) is 12.0 Å². The molecule has 0 aliphatic heterocycles. The second kappa shape index (κ2) is 7.01. The molecule has 0 bridgehead atoms. The van der Waals surface area contributed by atoms with Crippen LogP contribution in [0.2, 0.25) is 0 Å². The molecule has 2 heteroatoms. The maximum Gasteiger partial charge on any atom is 0.0655 e. The quantitative estimate of drug-likeness (QED) is 0.806. The van der Waals surface area contributed by atoms with Gasteiger partial charge in [0.25, 0.3) is 0 Å². The Labute approximate surface area is 106 Å². The number of nitriles is 1. The second-order valence-electron chi connectivity index (χ2n) is 5.92. The molecular formula is C15H26N2. The zero-order chi connectivity index (χ0) is 11.9. The van der Waals surface area contributed by atoms with Gasteiger partial charge in [-0.15, -0.1) is 0 Å². The number of hydrogen-bond acceptors (Lipinski definition) is 2. The van der Waals surface area contributed by atoms with Crippen molar-refractivity contribution in [2.24, 2.45) is 11.8 Å². The Hall–Kier alpha value is -0.550. The Balaban J connectivity index is 1.55. The maximum absolute atomic E-state index is 8.85. The van der Waals surface area contributed by atoms with Crippen molar-refractivity contribution >= 4 is 0 Å². The van der Waals surface area contributed by atoms with Gasteiger partial charge in [-0.25, -0.2) is 0 Å². The summed E-state index contributed by atoms with van der Waals surface area (Å²) in [4.78, 5) is 0. The summed E-state index contributed by atoms with van der Waals surface area (Å²) in [5, 5.41) is 12.6. The van der Waals surface area contributed by atoms with Crippen LogP contribution in [0.4, 0.5) is 0 Å². The monoisotopic (exact) mass is 234 g/mol. The summed E-state index contributed by atoms with van der Waals surface area (Å²) in [7, 11) is 0. The lowest BCUT2D eigenvalue weighted by atomic mass is 9.85. The topological polar surface area (TPSA) is 35.8 Å². The van der Waals surface area contributed by atoms with Gasteiger partial charge >= 0.3 is 0 Å². The number of rotatable bonds is 4. The molecule has 2 fully saturated rings. The molecule has 2 saturated carbocycles. The van der Waals surface area contributed by atoms with E-state index in [4.69, 9.17) is 5.26 Å². The average Bonchev–Trinajstić information content (AvgIpc) is 2.41. The van der Waals surface area contributed by atoms with Crippen molar-refractivity contribution in [3.8, 4) is 6.07 Å². The van der Waals surface area contributed by atoms with Gasteiger partial charge in [-0.05, 0) is 44.6 Å². The van der Waals surface area contributed by atoms with Crippen LogP contribution in [0.25, 0.3) is 0 Å². The van der Waals surface area contributed by atoms with E-state index >= 15 is 0 Å². The zero-order valence-corrected chi connectivity index (χ0v) is 11.0. The van der Waals surface area contributed by atoms with E-state index in [2.05, 4.69) is 11.4 Å². The molecule has 0 spiro atoms. The number of nitrogens with one attached hydrogen (secondary N) is 1. The van der Waals surface area contributed by atoms with E-state index in [1.54, 1.807) is 0 Å². The summed E-state index contributed by atoms with van der Waals surface area (Å²) >= 11 is 0. The summed E-state index contributed by atoms with van der Waals surface area (Å²) in [5.41, 5.74) is 0. The predicted octanol–water partition coefficient (Wildman–Crippen LogP) is 3.63. The van der Waals surface area contributed by atoms with Crippen molar-refractivity contribution in [2.75, 3.05) is 6.54 Å². The van der Waals surface area contributed by atoms with E-state index in [0.29, 0.717) is 12.0 Å². The van der Waals surface area contributed by atoms with Crippen LogP contribution in [-0.4, -0.2) is 12.6 Å². The molecule has 0 atom stereocenters. The highest BCUT2D eigenvalue weighted by Gasteiger charge is 2.20. The molecule has 2 aliphatic rings. The molecular weight excluding hydrogens is 208 g/mol. The molecule has 0 saturated heterocycles. The van der Waals surface area contributed by atoms with Gasteiger partial charge in [-0.3, -0.25) is 0 Å². The highest BCUT2D eigenvalue weighted by atomic mass is 14.9. The maximum atomic E-state index is 8.85. The molecule has 0 aromatic rings. The van der Waals surface area contributed by atoms with Crippen LogP contribution in [0.5, 0.6) is 0 Å². The number of hydrogen-bond donors (Lipinski definition) is 1. The molecule has 0 aromatic heterocycles. The summed E-state index contributed by atoms with van der Waals surface area (Å²) in [5.74, 6) is 1.33. The first-order valence-electron chi connectivity index (χ1n) is 7.51. The standard InChI is InChI=1S/C15H26N2/c16-12-14-6-8-15(9-7-14)17-11-10-13-4-2-1-3-5-13/h13-15,17H,1-11H2. The van der Waals surface area contributed by atoms with E-state index in [-0.39, 0.29) is 0 Å². The zero-order valence-electron chi connectivity index (χ0n) is 11.0. The molecule has 2 rings (SSSR count). The summed E-state index contributed by atoms with van der Waals surface area (Å²) in [6, 6.07) is 3.10. The fourth-order valence-electron chi connectivity index (χ4n) is 3.39. The Morgan fingerprint density at radius 1 is 0.941 bits per heavy atom. The van der Waals surface area contributed by atoms with E-state index in [1.165, 1.54) is 57.9 Å². The smallest absolute Gasteiger partial charge is 0.0655 e. The molecule has 96 valence electrons. The van der Waals surface area contributed by atoms with Gasteiger partial charge in [0.1, 0.15) is 0 Å². The molecule has 0 amide bonds. The van der Waals surface area contributed by atoms with E-state index in [1.807, 2.05) is 0 Å². The minimum atomic E-state index is 0.339. The van der Waals surface area contributed by atoms with Gasteiger partial charge in [-0.1, -0.05) is 32.1 Å². The lowest BCUT2D eigenvalue weighted by Gasteiger charge is -2.27. The minimum absolute atomic E-state index is 0.339. The van der Waals surface area contributed by atoms with E-state index < -0.39 is 0 Å². The van der Waals surface area contributed by atoms with Crippen LogP contribution >= 0.6 is 0 Å². The molecule has 2 nitrogen and oxygen atoms in total. The molecule has 1 N–H and O–H groups in total. The third-order valence-corrected chi connectivity index (χ3v) is 4.62. The van der Waals surface area contributed by atoms with Gasteiger partial charge < -0.3 is 5.32 Å². The third kappa shape index (κ3) is 4.32. The molecule has 0 aromatic carbocycles. The van der Waals surface area contributed by atoms with Crippen molar-refractivity contribution in [2.45, 2.75) is 70.3 Å². The highest BCUT2D eigenvalue weighted by Crippen LogP contribution is 2.27. The Morgan fingerprint density at radius 3 is 2.29 bits per heavy atom. The molecule has 17 heavy (non-hydrogen) atoms. The van der Waals surface area contributed by atoms with E-state index in [9.17, 15) is 0 Å². The normalized spacial score (nSPS) is 31.0. The van der Waals surface area contributed by atoms with E-state index in [0.717, 1.165) is 18.8 Å². The third-order valence-electron chi connectivity index (χ3n) is 4.62. The van der Waals surface area contributed by atoms with Crippen LogP contribution in [0, 0.1) is 23.2 Å². The summed E-state index contributed by atoms with van der Waals surface area (Å²) in [6.45, 7) is 1.20. The van der Waals surface area contributed by atoms with Crippen LogP contribution in [-0.2, 0) is 0 Å². The highest BCUT2D eigenvalue weighted by molar-refractivity contribution is 4.89. The molecule has 2 aliphatic carbocycles. The average molecular weight is 234 g/mol. The van der Waals surface area contributed by atoms with Gasteiger partial charge in [0.05, 0.1) is 6.07 Å². The SMILES string of the molecule is N#CC1CCC(NCCC2CCCCC2)CC1. The number of nitrogens with zero attached hydrogens (tertiary/aromatic N) is 1. The predicted molar refractivity (Wildman–Crippen MR) is 70.6 cm³/mol. The Morgan fingerprint density at radius 2 is 1.65 bits per heavy atom. The first-order chi connectivity index (χ1) is 8.38. The van der Waals surface area contributed by atoms with Crippen LogP contribution in [0.3, 0.4) is 0 Å². The van der Waals surface area contributed by atoms with Crippen molar-refractivity contribution in [3.05, 3.63) is 0 Å². The largest absolute Gasteiger partial charge is 0.314 e. The fourth-order valence-corrected chi connectivity index (χ4v) is 3.39. The van der Waals surface area contributed by atoms with Crippen LogP contribution in [0.15, 0.2) is 0 Å². The van der Waals surface area contributed by atoms with Gasteiger partial charge in [-0.2, -0.15) is 5.26 Å². The minimum Gasteiger partial charge on any atom is -0.314 e. The van der Waals surface area contributed by atoms with Crippen molar-refractivity contribution in [3.63, 3.8) is 0 Å². The molecule has 0 heterocycles. The first-order valence-corrected chi connectivity index (χ1v) is 7.51. The second-order valence-corrected chi connectivity index (χ2v) is 5.92. The fraction of sp³-hybridized carbons (Fsp3) is 0.933. The van der Waals surface area contributed by atoms with Gasteiger partial charge in [0.2, 0.25) is 0 Å². The molecule has 0 unspecified atom stereocenters. The van der Waals surface area contributed by atoms with Gasteiger partial charge in [0.15, 0.2) is 0 Å². The first kappa shape index (κ1) is 12.9. The van der Waals surface area contributed by atoms with Crippen molar-refractivity contribution < 1.29 is 0 Å². The summed E-state index contributed by atoms with van der Waals surface area (Å²) < 4.78 is 0. The lowest BCUT2D eigenvalue weighted by Crippen LogP contribution is -2.34. The Bertz CT molecular complexity index is 242. The summed E-state index contributed by atoms with van der Waals surface area (Å²) in [6.07, 6.45) is 13.3. The van der Waals surface area contributed by atoms with Crippen molar-refractivity contribution in [1.82, 2.24) is 5.32 Å². The lowest BCUT2D eigenvalue weighted by molar-refractivity contribution is 0.299. The van der Waals surface area contributed by atoms with Crippen LogP contribution < -0.4 is 5.32 Å².